The molecule has 18 heavy (non-hydrogen) atoms. The molecule has 0 bridgehead atoms. The smallest absolute Gasteiger partial charge is 0.254 e. The molecule has 0 radical (unpaired) electrons. The summed E-state index contributed by atoms with van der Waals surface area (Å²) in [6.45, 7) is 2.55. The topological polar surface area (TPSA) is 67.4 Å². The summed E-state index contributed by atoms with van der Waals surface area (Å²) >= 11 is 0. The summed E-state index contributed by atoms with van der Waals surface area (Å²) in [4.78, 5) is 23.5. The molecule has 5 nitrogen and oxygen atoms in total. The highest BCUT2D eigenvalue weighted by atomic mass is 16.5. The van der Waals surface area contributed by atoms with Crippen molar-refractivity contribution in [2.24, 2.45) is 0 Å². The van der Waals surface area contributed by atoms with Gasteiger partial charge >= 0.3 is 0 Å². The van der Waals surface area contributed by atoms with Crippen LogP contribution in [-0.4, -0.2) is 32.5 Å². The van der Waals surface area contributed by atoms with Crippen LogP contribution >= 0.6 is 0 Å². The molecule has 2 rings (SSSR count). The van der Waals surface area contributed by atoms with Crippen molar-refractivity contribution in [2.45, 2.75) is 12.8 Å². The first-order chi connectivity index (χ1) is 8.58. The molecule has 1 aromatic carbocycles. The number of nitrogens with one attached hydrogen (secondary N) is 2. The molecule has 0 aliphatic carbocycles. The zero-order valence-electron chi connectivity index (χ0n) is 10.7. The molecule has 0 saturated heterocycles. The molecule has 1 atom stereocenters. The van der Waals surface area contributed by atoms with Gasteiger partial charge in [-0.2, -0.15) is 0 Å². The third-order valence-electron chi connectivity index (χ3n) is 3.09. The largest absolute Gasteiger partial charge is 0.492 e. The number of carbonyl (C=O) groups is 2. The van der Waals surface area contributed by atoms with Crippen LogP contribution in [0.25, 0.3) is 0 Å². The fourth-order valence-electron chi connectivity index (χ4n) is 2.06. The predicted octanol–water partition coefficient (Wildman–Crippen LogP) is 0.902. The van der Waals surface area contributed by atoms with Gasteiger partial charge in [-0.3, -0.25) is 9.59 Å². The number of hydrogen-bond acceptors (Lipinski definition) is 3. The zero-order valence-corrected chi connectivity index (χ0v) is 10.7. The van der Waals surface area contributed by atoms with E-state index < -0.39 is 0 Å². The molecule has 2 N–H and O–H groups in total. The van der Waals surface area contributed by atoms with Crippen molar-refractivity contribution in [3.63, 3.8) is 0 Å². The Morgan fingerprint density at radius 1 is 1.22 bits per heavy atom. The Bertz CT molecular complexity index is 511. The SMILES string of the molecule is CNC(=O)c1cc(C(=O)NC)c2c(c1)C(C)CO2. The minimum absolute atomic E-state index is 0.188. The molecule has 2 amide bonds. The summed E-state index contributed by atoms with van der Waals surface area (Å²) in [6, 6.07) is 3.35. The van der Waals surface area contributed by atoms with Crippen molar-refractivity contribution >= 4 is 11.8 Å². The first-order valence-corrected chi connectivity index (χ1v) is 5.83. The van der Waals surface area contributed by atoms with Crippen molar-refractivity contribution < 1.29 is 14.3 Å². The summed E-state index contributed by atoms with van der Waals surface area (Å²) in [5.41, 5.74) is 1.81. The van der Waals surface area contributed by atoms with Crippen molar-refractivity contribution in [1.82, 2.24) is 10.6 Å². The molecule has 0 saturated carbocycles. The van der Waals surface area contributed by atoms with Crippen LogP contribution < -0.4 is 15.4 Å². The molecule has 1 aliphatic rings. The Morgan fingerprint density at radius 3 is 2.50 bits per heavy atom. The van der Waals surface area contributed by atoms with Gasteiger partial charge in [0.05, 0.1) is 12.2 Å². The molecule has 0 fully saturated rings. The van der Waals surface area contributed by atoms with E-state index in [1.54, 1.807) is 26.2 Å². The highest BCUT2D eigenvalue weighted by Gasteiger charge is 2.27. The van der Waals surface area contributed by atoms with E-state index in [-0.39, 0.29) is 17.7 Å². The number of ether oxygens (including phenoxy) is 1. The zero-order chi connectivity index (χ0) is 13.3. The lowest BCUT2D eigenvalue weighted by atomic mass is 9.97. The average Bonchev–Trinajstić information content (AvgIpc) is 2.77. The molecule has 1 heterocycles. The minimum atomic E-state index is -0.244. The van der Waals surface area contributed by atoms with Gasteiger partial charge in [-0.15, -0.1) is 0 Å². The van der Waals surface area contributed by atoms with E-state index in [0.29, 0.717) is 23.5 Å². The standard InChI is InChI=1S/C13H16N2O3/c1-7-6-18-11-9(7)4-8(12(16)14-2)5-10(11)13(17)15-3/h4-5,7H,6H2,1-3H3,(H,14,16)(H,15,17). The first-order valence-electron chi connectivity index (χ1n) is 5.83. The van der Waals surface area contributed by atoms with E-state index in [2.05, 4.69) is 10.6 Å². The summed E-state index contributed by atoms with van der Waals surface area (Å²) in [6.07, 6.45) is 0. The number of fused-ring (bicyclic) bond motifs is 1. The lowest BCUT2D eigenvalue weighted by Crippen LogP contribution is -2.22. The van der Waals surface area contributed by atoms with E-state index in [0.717, 1.165) is 5.56 Å². The monoisotopic (exact) mass is 248 g/mol. The van der Waals surface area contributed by atoms with E-state index in [1.807, 2.05) is 6.92 Å². The lowest BCUT2D eigenvalue weighted by Gasteiger charge is -2.10. The molecule has 1 aliphatic heterocycles. The van der Waals surface area contributed by atoms with Crippen molar-refractivity contribution in [3.05, 3.63) is 28.8 Å². The molecule has 1 unspecified atom stereocenters. The molecule has 5 heteroatoms. The van der Waals surface area contributed by atoms with Crippen LogP contribution in [0.4, 0.5) is 0 Å². The first kappa shape index (κ1) is 12.4. The van der Waals surface area contributed by atoms with Gasteiger partial charge in [0, 0.05) is 31.1 Å². The highest BCUT2D eigenvalue weighted by Crippen LogP contribution is 2.37. The fraction of sp³-hybridized carbons (Fsp3) is 0.385. The average molecular weight is 248 g/mol. The second kappa shape index (κ2) is 4.68. The van der Waals surface area contributed by atoms with Gasteiger partial charge in [-0.1, -0.05) is 6.92 Å². The number of amides is 2. The highest BCUT2D eigenvalue weighted by molar-refractivity contribution is 6.02. The molecule has 1 aromatic rings. The molecular formula is C13H16N2O3. The third kappa shape index (κ3) is 1.92. The Labute approximate surface area is 106 Å². The van der Waals surface area contributed by atoms with E-state index >= 15 is 0 Å². The van der Waals surface area contributed by atoms with E-state index in [9.17, 15) is 9.59 Å². The van der Waals surface area contributed by atoms with Crippen LogP contribution in [0.1, 0.15) is 39.1 Å². The van der Waals surface area contributed by atoms with Gasteiger partial charge in [0.1, 0.15) is 5.75 Å². The van der Waals surface area contributed by atoms with Gasteiger partial charge in [-0.05, 0) is 12.1 Å². The van der Waals surface area contributed by atoms with Crippen LogP contribution in [-0.2, 0) is 0 Å². The molecule has 0 spiro atoms. The fourth-order valence-corrected chi connectivity index (χ4v) is 2.06. The van der Waals surface area contributed by atoms with Crippen LogP contribution in [0.3, 0.4) is 0 Å². The maximum Gasteiger partial charge on any atom is 0.254 e. The van der Waals surface area contributed by atoms with E-state index in [4.69, 9.17) is 4.74 Å². The number of rotatable bonds is 2. The summed E-state index contributed by atoms with van der Waals surface area (Å²) in [7, 11) is 3.12. The van der Waals surface area contributed by atoms with Crippen LogP contribution in [0.2, 0.25) is 0 Å². The van der Waals surface area contributed by atoms with Crippen molar-refractivity contribution in [1.29, 1.82) is 0 Å². The van der Waals surface area contributed by atoms with Gasteiger partial charge in [0.15, 0.2) is 0 Å². The lowest BCUT2D eigenvalue weighted by molar-refractivity contribution is 0.0959. The van der Waals surface area contributed by atoms with Crippen LogP contribution in [0.5, 0.6) is 5.75 Å². The Kier molecular flexibility index (Phi) is 3.23. The minimum Gasteiger partial charge on any atom is -0.492 e. The maximum atomic E-state index is 11.8. The quantitative estimate of drug-likeness (QED) is 0.817. The van der Waals surface area contributed by atoms with Crippen molar-refractivity contribution in [2.75, 3.05) is 20.7 Å². The Morgan fingerprint density at radius 2 is 1.89 bits per heavy atom. The second-order valence-electron chi connectivity index (χ2n) is 4.31. The molecular weight excluding hydrogens is 232 g/mol. The van der Waals surface area contributed by atoms with Gasteiger partial charge in [0.2, 0.25) is 0 Å². The summed E-state index contributed by atoms with van der Waals surface area (Å²) in [5.74, 6) is 0.329. The van der Waals surface area contributed by atoms with Crippen molar-refractivity contribution in [3.8, 4) is 5.75 Å². The normalized spacial score (nSPS) is 16.7. The van der Waals surface area contributed by atoms with Gasteiger partial charge in [-0.25, -0.2) is 0 Å². The Hall–Kier alpha value is -2.04. The maximum absolute atomic E-state index is 11.8. The van der Waals surface area contributed by atoms with Gasteiger partial charge in [0.25, 0.3) is 11.8 Å². The third-order valence-corrected chi connectivity index (χ3v) is 3.09. The summed E-state index contributed by atoms with van der Waals surface area (Å²) in [5, 5.41) is 5.12. The van der Waals surface area contributed by atoms with Gasteiger partial charge < -0.3 is 15.4 Å². The summed E-state index contributed by atoms with van der Waals surface area (Å²) < 4.78 is 5.54. The van der Waals surface area contributed by atoms with Crippen LogP contribution in [0.15, 0.2) is 12.1 Å². The number of carbonyl (C=O) groups excluding carboxylic acids is 2. The molecule has 0 aromatic heterocycles. The van der Waals surface area contributed by atoms with E-state index in [1.165, 1.54) is 0 Å². The second-order valence-corrected chi connectivity index (χ2v) is 4.31. The number of benzene rings is 1. The molecule has 96 valence electrons. The van der Waals surface area contributed by atoms with Crippen LogP contribution in [0, 0.1) is 0 Å². The predicted molar refractivity (Wildman–Crippen MR) is 67.1 cm³/mol. The Balaban J connectivity index is 2.58. The number of hydrogen-bond donors (Lipinski definition) is 2.